The van der Waals surface area contributed by atoms with Crippen LogP contribution in [0.4, 0.5) is 17.1 Å². The average Bonchev–Trinajstić information content (AvgIpc) is 3.85. The summed E-state index contributed by atoms with van der Waals surface area (Å²) in [6.45, 7) is 4.71. The highest BCUT2D eigenvalue weighted by atomic mass is 16.3. The topological polar surface area (TPSA) is 21.3 Å². The van der Waals surface area contributed by atoms with Gasteiger partial charge >= 0.3 is 0 Å². The van der Waals surface area contributed by atoms with Crippen LogP contribution < -0.4 is 4.90 Å². The van der Waals surface area contributed by atoms with Crippen LogP contribution >= 0.6 is 0 Å². The number of para-hydroxylation sites is 3. The quantitative estimate of drug-likeness (QED) is 0.179. The van der Waals surface area contributed by atoms with Crippen LogP contribution in [0.3, 0.4) is 0 Å². The summed E-state index contributed by atoms with van der Waals surface area (Å²) in [5, 5.41) is 4.52. The molecule has 11 rings (SSSR count). The molecule has 1 aliphatic carbocycles. The first-order valence-corrected chi connectivity index (χ1v) is 18.7. The summed E-state index contributed by atoms with van der Waals surface area (Å²) in [7, 11) is 0. The summed E-state index contributed by atoms with van der Waals surface area (Å²) in [6, 6.07) is 65.8. The predicted molar refractivity (Wildman–Crippen MR) is 226 cm³/mol. The Bertz CT molecular complexity index is 3060. The van der Waals surface area contributed by atoms with E-state index in [1.807, 2.05) is 0 Å². The molecule has 0 amide bonds. The van der Waals surface area contributed by atoms with Gasteiger partial charge in [-0.2, -0.15) is 0 Å². The van der Waals surface area contributed by atoms with Crippen LogP contribution in [0.1, 0.15) is 25.0 Å². The van der Waals surface area contributed by atoms with E-state index in [2.05, 4.69) is 205 Å². The Morgan fingerprint density at radius 2 is 1.15 bits per heavy atom. The lowest BCUT2D eigenvalue weighted by Gasteiger charge is -2.29. The molecule has 0 bridgehead atoms. The Labute approximate surface area is 314 Å². The van der Waals surface area contributed by atoms with Crippen molar-refractivity contribution in [3.8, 4) is 27.9 Å². The van der Waals surface area contributed by atoms with Crippen molar-refractivity contribution in [1.82, 2.24) is 4.57 Å². The summed E-state index contributed by atoms with van der Waals surface area (Å²) >= 11 is 0. The SMILES string of the molecule is CC1(C)c2ccccc2-c2ccc(N(c3ccccc3)c3cc4c5ccccc5oc4c4c3c3ccccc3n4-c3ccc(-c4ccccc4)cc3)cc21. The number of rotatable bonds is 5. The van der Waals surface area contributed by atoms with Crippen LogP contribution in [-0.4, -0.2) is 4.57 Å². The molecule has 3 nitrogen and oxygen atoms in total. The van der Waals surface area contributed by atoms with Gasteiger partial charge in [-0.15, -0.1) is 0 Å². The maximum atomic E-state index is 6.88. The van der Waals surface area contributed by atoms with Gasteiger partial charge in [-0.3, -0.25) is 0 Å². The zero-order chi connectivity index (χ0) is 36.0. The summed E-state index contributed by atoms with van der Waals surface area (Å²) < 4.78 is 9.28. The minimum absolute atomic E-state index is 0.133. The number of fused-ring (bicyclic) bond motifs is 10. The molecule has 54 heavy (non-hydrogen) atoms. The van der Waals surface area contributed by atoms with Gasteiger partial charge in [0.25, 0.3) is 0 Å². The highest BCUT2D eigenvalue weighted by molar-refractivity contribution is 6.27. The zero-order valence-corrected chi connectivity index (χ0v) is 30.1. The van der Waals surface area contributed by atoms with E-state index in [-0.39, 0.29) is 5.41 Å². The van der Waals surface area contributed by atoms with Crippen molar-refractivity contribution in [3.05, 3.63) is 193 Å². The van der Waals surface area contributed by atoms with Gasteiger partial charge in [-0.05, 0) is 88.0 Å². The lowest BCUT2D eigenvalue weighted by atomic mass is 9.82. The first kappa shape index (κ1) is 30.8. The number of furan rings is 1. The molecule has 0 radical (unpaired) electrons. The van der Waals surface area contributed by atoms with Gasteiger partial charge in [0, 0.05) is 44.0 Å². The molecule has 10 aromatic rings. The minimum Gasteiger partial charge on any atom is -0.454 e. The first-order chi connectivity index (χ1) is 26.6. The van der Waals surface area contributed by atoms with Crippen molar-refractivity contribution in [2.75, 3.05) is 4.90 Å². The van der Waals surface area contributed by atoms with Gasteiger partial charge in [0.1, 0.15) is 5.58 Å². The molecule has 0 fully saturated rings. The first-order valence-electron chi connectivity index (χ1n) is 18.7. The predicted octanol–water partition coefficient (Wildman–Crippen LogP) is 14.1. The molecule has 2 aromatic heterocycles. The van der Waals surface area contributed by atoms with Crippen molar-refractivity contribution in [3.63, 3.8) is 0 Å². The van der Waals surface area contributed by atoms with Crippen molar-refractivity contribution in [2.45, 2.75) is 19.3 Å². The maximum Gasteiger partial charge on any atom is 0.160 e. The van der Waals surface area contributed by atoms with Gasteiger partial charge in [-0.1, -0.05) is 141 Å². The minimum atomic E-state index is -0.133. The second-order valence-electron chi connectivity index (χ2n) is 14.9. The van der Waals surface area contributed by atoms with Gasteiger partial charge in [0.15, 0.2) is 5.58 Å². The van der Waals surface area contributed by atoms with Crippen LogP contribution in [0, 0.1) is 0 Å². The Balaban J connectivity index is 1.24. The van der Waals surface area contributed by atoms with Crippen LogP contribution in [0.15, 0.2) is 186 Å². The number of aromatic nitrogens is 1. The largest absolute Gasteiger partial charge is 0.454 e. The van der Waals surface area contributed by atoms with Crippen LogP contribution in [-0.2, 0) is 5.41 Å². The number of nitrogens with zero attached hydrogens (tertiary/aromatic N) is 2. The lowest BCUT2D eigenvalue weighted by Crippen LogP contribution is -2.16. The van der Waals surface area contributed by atoms with E-state index < -0.39 is 0 Å². The van der Waals surface area contributed by atoms with E-state index in [1.54, 1.807) is 0 Å². The Hall–Kier alpha value is -6.84. The highest BCUT2D eigenvalue weighted by Crippen LogP contribution is 2.53. The van der Waals surface area contributed by atoms with E-state index in [9.17, 15) is 0 Å². The number of hydrogen-bond donors (Lipinski definition) is 0. The highest BCUT2D eigenvalue weighted by Gasteiger charge is 2.36. The molecule has 2 heterocycles. The van der Waals surface area contributed by atoms with Crippen LogP contribution in [0.25, 0.3) is 71.7 Å². The van der Waals surface area contributed by atoms with E-state index in [4.69, 9.17) is 4.42 Å². The molecule has 0 aliphatic heterocycles. The average molecular weight is 693 g/mol. The lowest BCUT2D eigenvalue weighted by molar-refractivity contribution is 0.660. The third-order valence-electron chi connectivity index (χ3n) is 11.6. The van der Waals surface area contributed by atoms with E-state index >= 15 is 0 Å². The zero-order valence-electron chi connectivity index (χ0n) is 30.1. The monoisotopic (exact) mass is 692 g/mol. The summed E-state index contributed by atoms with van der Waals surface area (Å²) in [6.07, 6.45) is 0. The fraction of sp³-hybridized carbons (Fsp3) is 0.0588. The standard InChI is InChI=1S/C51H36N2O/c1-51(2)43-22-12-9-19-38(43)39-30-29-37(31-44(39)51)52(35-17-7-4-8-18-35)46-32-42-40-20-11-14-24-47(40)54-50(42)49-48(46)41-21-10-13-23-45(41)53(49)36-27-25-34(26-28-36)33-15-5-3-6-16-33/h3-32H,1-2H3. The van der Waals surface area contributed by atoms with Crippen molar-refractivity contribution in [2.24, 2.45) is 0 Å². The maximum absolute atomic E-state index is 6.88. The van der Waals surface area contributed by atoms with Gasteiger partial charge in [0.2, 0.25) is 0 Å². The number of anilines is 3. The second-order valence-corrected chi connectivity index (χ2v) is 14.9. The molecule has 0 unspecified atom stereocenters. The number of hydrogen-bond acceptors (Lipinski definition) is 2. The molecule has 8 aromatic carbocycles. The van der Waals surface area contributed by atoms with Gasteiger partial charge < -0.3 is 13.9 Å². The molecule has 0 saturated carbocycles. The van der Waals surface area contributed by atoms with Gasteiger partial charge in [0.05, 0.1) is 16.7 Å². The Morgan fingerprint density at radius 1 is 0.500 bits per heavy atom. The third-order valence-corrected chi connectivity index (χ3v) is 11.6. The van der Waals surface area contributed by atoms with E-state index in [0.717, 1.165) is 61.1 Å². The normalized spacial score (nSPS) is 13.1. The molecular formula is C51H36N2O. The molecule has 3 heteroatoms. The van der Waals surface area contributed by atoms with Crippen LogP contribution in [0.2, 0.25) is 0 Å². The van der Waals surface area contributed by atoms with Gasteiger partial charge in [-0.25, -0.2) is 0 Å². The smallest absolute Gasteiger partial charge is 0.160 e. The molecule has 256 valence electrons. The van der Waals surface area contributed by atoms with E-state index in [0.29, 0.717) is 0 Å². The summed E-state index contributed by atoms with van der Waals surface area (Å²) in [4.78, 5) is 2.46. The Morgan fingerprint density at radius 3 is 1.96 bits per heavy atom. The van der Waals surface area contributed by atoms with Crippen molar-refractivity contribution >= 4 is 60.8 Å². The summed E-state index contributed by atoms with van der Waals surface area (Å²) in [5.41, 5.74) is 16.0. The molecule has 1 aliphatic rings. The molecular weight excluding hydrogens is 657 g/mol. The molecule has 0 atom stereocenters. The summed E-state index contributed by atoms with van der Waals surface area (Å²) in [5.74, 6) is 0. The molecule has 0 spiro atoms. The second kappa shape index (κ2) is 11.6. The fourth-order valence-electron chi connectivity index (χ4n) is 9.02. The fourth-order valence-corrected chi connectivity index (χ4v) is 9.02. The molecule has 0 N–H and O–H groups in total. The third kappa shape index (κ3) is 4.42. The van der Waals surface area contributed by atoms with Crippen molar-refractivity contribution in [1.29, 1.82) is 0 Å². The van der Waals surface area contributed by atoms with Crippen LogP contribution in [0.5, 0.6) is 0 Å². The molecule has 0 saturated heterocycles. The Kier molecular flexibility index (Phi) is 6.60. The van der Waals surface area contributed by atoms with Crippen molar-refractivity contribution < 1.29 is 4.42 Å². The number of benzene rings is 8. The van der Waals surface area contributed by atoms with E-state index in [1.165, 1.54) is 38.8 Å².